The molecule has 5 nitrogen and oxygen atoms in total. The maximum atomic E-state index is 13.2. The van der Waals surface area contributed by atoms with E-state index in [1.54, 1.807) is 37.8 Å². The van der Waals surface area contributed by atoms with Crippen LogP contribution in [0.4, 0.5) is 13.2 Å². The molecule has 3 aromatic rings. The molecule has 1 fully saturated rings. The standard InChI is InChI=1S/C26H25Cl2F3N2O3/c1-14-10-18(36-26(29,30)31)11-20-15(2)12-33(24(14)20)13-21-22(27)5-4-19(23(21)28)25(35)32-8-6-17(7-9-32)16(3)34/h4-5,10-12,17H,6-9,13H2,1-3H3. The Kier molecular flexibility index (Phi) is 7.30. The van der Waals surface area contributed by atoms with Gasteiger partial charge in [-0.1, -0.05) is 23.2 Å². The summed E-state index contributed by atoms with van der Waals surface area (Å²) >= 11 is 13.2. The van der Waals surface area contributed by atoms with Gasteiger partial charge < -0.3 is 14.2 Å². The number of carbonyl (C=O) groups is 2. The smallest absolute Gasteiger partial charge is 0.406 e. The summed E-state index contributed by atoms with van der Waals surface area (Å²) in [6, 6.07) is 5.91. The van der Waals surface area contributed by atoms with Crippen molar-refractivity contribution in [2.75, 3.05) is 13.1 Å². The van der Waals surface area contributed by atoms with E-state index in [4.69, 9.17) is 23.2 Å². The van der Waals surface area contributed by atoms with Gasteiger partial charge in [0.25, 0.3) is 5.91 Å². The van der Waals surface area contributed by atoms with Crippen molar-refractivity contribution in [3.05, 3.63) is 62.8 Å². The molecule has 36 heavy (non-hydrogen) atoms. The van der Waals surface area contributed by atoms with Crippen molar-refractivity contribution in [1.82, 2.24) is 9.47 Å². The Bertz CT molecular complexity index is 1340. The van der Waals surface area contributed by atoms with Crippen LogP contribution in [0.3, 0.4) is 0 Å². The van der Waals surface area contributed by atoms with E-state index >= 15 is 0 Å². The van der Waals surface area contributed by atoms with E-state index in [2.05, 4.69) is 4.74 Å². The summed E-state index contributed by atoms with van der Waals surface area (Å²) in [5, 5.41) is 1.22. The number of hydrogen-bond acceptors (Lipinski definition) is 3. The minimum Gasteiger partial charge on any atom is -0.406 e. The van der Waals surface area contributed by atoms with E-state index < -0.39 is 6.36 Å². The van der Waals surface area contributed by atoms with Gasteiger partial charge >= 0.3 is 6.36 Å². The predicted molar refractivity (Wildman–Crippen MR) is 133 cm³/mol. The monoisotopic (exact) mass is 540 g/mol. The molecule has 1 amide bonds. The van der Waals surface area contributed by atoms with Crippen molar-refractivity contribution in [3.63, 3.8) is 0 Å². The van der Waals surface area contributed by atoms with Crippen molar-refractivity contribution in [2.45, 2.75) is 46.5 Å². The number of alkyl halides is 3. The molecular formula is C26H25Cl2F3N2O3. The number of rotatable bonds is 5. The summed E-state index contributed by atoms with van der Waals surface area (Å²) in [5.41, 5.74) is 2.93. The highest BCUT2D eigenvalue weighted by Gasteiger charge is 2.32. The van der Waals surface area contributed by atoms with Crippen LogP contribution in [-0.2, 0) is 11.3 Å². The lowest BCUT2D eigenvalue weighted by molar-refractivity contribution is -0.274. The summed E-state index contributed by atoms with van der Waals surface area (Å²) < 4.78 is 44.2. The van der Waals surface area contributed by atoms with Gasteiger partial charge in [0.15, 0.2) is 0 Å². The molecule has 0 aliphatic carbocycles. The number of aromatic nitrogens is 1. The second-order valence-electron chi connectivity index (χ2n) is 9.19. The van der Waals surface area contributed by atoms with Crippen LogP contribution in [0, 0.1) is 19.8 Å². The van der Waals surface area contributed by atoms with E-state index in [1.165, 1.54) is 12.1 Å². The highest BCUT2D eigenvalue weighted by Crippen LogP contribution is 2.35. The fourth-order valence-electron chi connectivity index (χ4n) is 4.85. The van der Waals surface area contributed by atoms with Crippen molar-refractivity contribution in [2.24, 2.45) is 5.92 Å². The van der Waals surface area contributed by atoms with E-state index in [9.17, 15) is 22.8 Å². The lowest BCUT2D eigenvalue weighted by Crippen LogP contribution is -2.40. The third kappa shape index (κ3) is 5.34. The van der Waals surface area contributed by atoms with Crippen LogP contribution in [0.15, 0.2) is 30.5 Å². The Morgan fingerprint density at radius 1 is 1.08 bits per heavy atom. The van der Waals surface area contributed by atoms with Crippen molar-refractivity contribution in [3.8, 4) is 5.75 Å². The van der Waals surface area contributed by atoms with Gasteiger partial charge in [-0.2, -0.15) is 0 Å². The number of piperidine rings is 1. The van der Waals surface area contributed by atoms with Crippen molar-refractivity contribution in [1.29, 1.82) is 0 Å². The van der Waals surface area contributed by atoms with E-state index in [0.717, 1.165) is 11.1 Å². The van der Waals surface area contributed by atoms with Gasteiger partial charge in [0.1, 0.15) is 11.5 Å². The van der Waals surface area contributed by atoms with Gasteiger partial charge in [0.2, 0.25) is 0 Å². The molecule has 0 atom stereocenters. The first-order chi connectivity index (χ1) is 16.9. The average Bonchev–Trinajstić information content (AvgIpc) is 3.10. The molecule has 4 rings (SSSR count). The zero-order valence-corrected chi connectivity index (χ0v) is 21.5. The molecule has 0 bridgehead atoms. The maximum absolute atomic E-state index is 13.2. The molecule has 1 aromatic heterocycles. The number of carbonyl (C=O) groups excluding carboxylic acids is 2. The number of ether oxygens (including phenoxy) is 1. The van der Waals surface area contributed by atoms with Crippen LogP contribution >= 0.6 is 23.2 Å². The Morgan fingerprint density at radius 2 is 1.75 bits per heavy atom. The number of ketones is 1. The molecule has 2 aromatic carbocycles. The molecule has 0 N–H and O–H groups in total. The van der Waals surface area contributed by atoms with Gasteiger partial charge in [-0.3, -0.25) is 9.59 Å². The lowest BCUT2D eigenvalue weighted by atomic mass is 9.93. The summed E-state index contributed by atoms with van der Waals surface area (Å²) in [6.07, 6.45) is -1.74. The van der Waals surface area contributed by atoms with Gasteiger partial charge in [0.05, 0.1) is 22.6 Å². The molecule has 1 aliphatic heterocycles. The number of fused-ring (bicyclic) bond motifs is 1. The minimum atomic E-state index is -4.79. The first-order valence-electron chi connectivity index (χ1n) is 11.5. The molecule has 192 valence electrons. The second kappa shape index (κ2) is 9.98. The molecule has 2 heterocycles. The fraction of sp³-hybridized carbons (Fsp3) is 0.385. The summed E-state index contributed by atoms with van der Waals surface area (Å²) in [4.78, 5) is 26.6. The highest BCUT2D eigenvalue weighted by atomic mass is 35.5. The SMILES string of the molecule is CC(=O)C1CCN(C(=O)c2ccc(Cl)c(Cn3cc(C)c4cc(OC(F)(F)F)cc(C)c43)c2Cl)CC1. The third-order valence-corrected chi connectivity index (χ3v) is 7.46. The fourth-order valence-corrected chi connectivity index (χ4v) is 5.42. The molecule has 0 radical (unpaired) electrons. The normalized spacial score (nSPS) is 14.9. The number of halogens is 5. The molecule has 0 spiro atoms. The number of Topliss-reactive ketones (excluding diaryl/α,β-unsaturated/α-hetero) is 1. The number of aryl methyl sites for hydroxylation is 2. The largest absolute Gasteiger partial charge is 0.573 e. The van der Waals surface area contributed by atoms with Gasteiger partial charge in [0, 0.05) is 41.2 Å². The number of nitrogens with zero attached hydrogens (tertiary/aromatic N) is 2. The summed E-state index contributed by atoms with van der Waals surface area (Å²) in [5.74, 6) is -0.402. The quantitative estimate of drug-likeness (QED) is 0.351. The minimum absolute atomic E-state index is 0.0270. The van der Waals surface area contributed by atoms with Crippen LogP contribution in [0.5, 0.6) is 5.75 Å². The highest BCUT2D eigenvalue weighted by molar-refractivity contribution is 6.38. The van der Waals surface area contributed by atoms with Crippen LogP contribution in [0.2, 0.25) is 10.0 Å². The number of amides is 1. The Labute approximate surface area is 216 Å². The van der Waals surface area contributed by atoms with E-state index in [0.29, 0.717) is 53.0 Å². The first kappa shape index (κ1) is 26.4. The molecule has 0 saturated carbocycles. The Balaban J connectivity index is 1.65. The topological polar surface area (TPSA) is 51.5 Å². The van der Waals surface area contributed by atoms with Crippen molar-refractivity contribution >= 4 is 45.8 Å². The zero-order chi connectivity index (χ0) is 26.4. The maximum Gasteiger partial charge on any atom is 0.573 e. The summed E-state index contributed by atoms with van der Waals surface area (Å²) in [6.45, 7) is 6.23. The number of hydrogen-bond donors (Lipinski definition) is 0. The van der Waals surface area contributed by atoms with Gasteiger partial charge in [-0.25, -0.2) is 0 Å². The van der Waals surface area contributed by atoms with Crippen molar-refractivity contribution < 1.29 is 27.5 Å². The first-order valence-corrected chi connectivity index (χ1v) is 12.2. The van der Waals surface area contributed by atoms with Gasteiger partial charge in [-0.15, -0.1) is 13.2 Å². The van der Waals surface area contributed by atoms with Gasteiger partial charge in [-0.05, 0) is 69.0 Å². The summed E-state index contributed by atoms with van der Waals surface area (Å²) in [7, 11) is 0. The number of benzene rings is 2. The molecule has 1 saturated heterocycles. The molecule has 0 unspecified atom stereocenters. The molecule has 10 heteroatoms. The van der Waals surface area contributed by atoms with E-state index in [-0.39, 0.29) is 34.9 Å². The zero-order valence-electron chi connectivity index (χ0n) is 20.0. The van der Waals surface area contributed by atoms with Crippen LogP contribution in [0.1, 0.15) is 46.8 Å². The predicted octanol–water partition coefficient (Wildman–Crippen LogP) is 6.95. The van der Waals surface area contributed by atoms with E-state index in [1.807, 2.05) is 10.8 Å². The molecule has 1 aliphatic rings. The average molecular weight is 541 g/mol. The third-order valence-electron chi connectivity index (χ3n) is 6.67. The van der Waals surface area contributed by atoms with Crippen LogP contribution in [0.25, 0.3) is 10.9 Å². The lowest BCUT2D eigenvalue weighted by Gasteiger charge is -2.31. The van der Waals surface area contributed by atoms with Crippen LogP contribution < -0.4 is 4.74 Å². The Morgan fingerprint density at radius 3 is 2.36 bits per heavy atom. The second-order valence-corrected chi connectivity index (χ2v) is 9.97. The van der Waals surface area contributed by atoms with Crippen LogP contribution in [-0.4, -0.2) is 40.6 Å². The Hall–Kier alpha value is -2.71. The number of likely N-dealkylation sites (tertiary alicyclic amines) is 1. The molecular weight excluding hydrogens is 516 g/mol.